The molecule has 0 radical (unpaired) electrons. The number of nitrogens with one attached hydrogen (secondary N) is 1. The third kappa shape index (κ3) is 4.07. The summed E-state index contributed by atoms with van der Waals surface area (Å²) in [5, 5.41) is 3.21. The zero-order valence-electron chi connectivity index (χ0n) is 11.9. The molecule has 1 unspecified atom stereocenters. The van der Waals surface area contributed by atoms with Crippen LogP contribution in [0.15, 0.2) is 24.3 Å². The van der Waals surface area contributed by atoms with Crippen LogP contribution in [0.1, 0.15) is 38.8 Å². The van der Waals surface area contributed by atoms with E-state index >= 15 is 0 Å². The predicted octanol–water partition coefficient (Wildman–Crippen LogP) is 3.21. The fourth-order valence-corrected chi connectivity index (χ4v) is 2.29. The monoisotopic (exact) mass is 252 g/mol. The molecule has 1 rings (SSSR count). The average molecular weight is 252 g/mol. The molecule has 2 nitrogen and oxygen atoms in total. The highest BCUT2D eigenvalue weighted by Crippen LogP contribution is 2.20. The first kappa shape index (κ1) is 15.1. The molecule has 0 aliphatic carbocycles. The summed E-state index contributed by atoms with van der Waals surface area (Å²) < 4.78 is 13.7. The SMILES string of the molecule is CCN(CCC(NC)c1ccccc1F)C(C)C. The van der Waals surface area contributed by atoms with E-state index in [1.165, 1.54) is 6.07 Å². The Morgan fingerprint density at radius 2 is 1.94 bits per heavy atom. The van der Waals surface area contributed by atoms with Crippen molar-refractivity contribution in [2.24, 2.45) is 0 Å². The Kier molecular flexibility index (Phi) is 6.30. The van der Waals surface area contributed by atoms with Gasteiger partial charge >= 0.3 is 0 Å². The molecule has 0 aliphatic rings. The highest BCUT2D eigenvalue weighted by Gasteiger charge is 2.15. The number of hydrogen-bond donors (Lipinski definition) is 1. The van der Waals surface area contributed by atoms with Crippen molar-refractivity contribution in [3.63, 3.8) is 0 Å². The molecule has 0 fully saturated rings. The lowest BCUT2D eigenvalue weighted by Gasteiger charge is -2.27. The van der Waals surface area contributed by atoms with E-state index in [9.17, 15) is 4.39 Å². The molecule has 0 bridgehead atoms. The molecule has 3 heteroatoms. The summed E-state index contributed by atoms with van der Waals surface area (Å²) in [5.74, 6) is -0.121. The minimum Gasteiger partial charge on any atom is -0.313 e. The van der Waals surface area contributed by atoms with Crippen molar-refractivity contribution in [1.82, 2.24) is 10.2 Å². The van der Waals surface area contributed by atoms with Crippen molar-refractivity contribution in [2.45, 2.75) is 39.3 Å². The second-order valence-electron chi connectivity index (χ2n) is 4.87. The van der Waals surface area contributed by atoms with Crippen molar-refractivity contribution < 1.29 is 4.39 Å². The van der Waals surface area contributed by atoms with Crippen LogP contribution < -0.4 is 5.32 Å². The van der Waals surface area contributed by atoms with Crippen molar-refractivity contribution >= 4 is 0 Å². The molecule has 0 saturated heterocycles. The molecule has 1 aromatic rings. The summed E-state index contributed by atoms with van der Waals surface area (Å²) in [6.07, 6.45) is 0.920. The van der Waals surface area contributed by atoms with Gasteiger partial charge in [0.05, 0.1) is 0 Å². The van der Waals surface area contributed by atoms with Crippen LogP contribution >= 0.6 is 0 Å². The van der Waals surface area contributed by atoms with Gasteiger partial charge in [-0.25, -0.2) is 4.39 Å². The average Bonchev–Trinajstić information content (AvgIpc) is 2.36. The maximum atomic E-state index is 13.7. The lowest BCUT2D eigenvalue weighted by molar-refractivity contribution is 0.221. The largest absolute Gasteiger partial charge is 0.313 e. The molecule has 102 valence electrons. The maximum Gasteiger partial charge on any atom is 0.127 e. The summed E-state index contributed by atoms with van der Waals surface area (Å²) in [6, 6.07) is 7.63. The van der Waals surface area contributed by atoms with Gasteiger partial charge in [0.25, 0.3) is 0 Å². The van der Waals surface area contributed by atoms with Crippen LogP contribution in [0.2, 0.25) is 0 Å². The van der Waals surface area contributed by atoms with E-state index < -0.39 is 0 Å². The number of benzene rings is 1. The Balaban J connectivity index is 2.66. The summed E-state index contributed by atoms with van der Waals surface area (Å²) in [4.78, 5) is 2.39. The molecule has 0 saturated carbocycles. The Morgan fingerprint density at radius 3 is 2.44 bits per heavy atom. The van der Waals surface area contributed by atoms with Crippen LogP contribution in [0.3, 0.4) is 0 Å². The van der Waals surface area contributed by atoms with Gasteiger partial charge in [-0.3, -0.25) is 0 Å². The van der Waals surface area contributed by atoms with Crippen molar-refractivity contribution in [1.29, 1.82) is 0 Å². The van der Waals surface area contributed by atoms with Gasteiger partial charge in [-0.05, 0) is 39.9 Å². The summed E-state index contributed by atoms with van der Waals surface area (Å²) in [6.45, 7) is 8.57. The Morgan fingerprint density at radius 1 is 1.28 bits per heavy atom. The minimum absolute atomic E-state index is 0.0824. The summed E-state index contributed by atoms with van der Waals surface area (Å²) in [5.41, 5.74) is 0.764. The van der Waals surface area contributed by atoms with Gasteiger partial charge in [0, 0.05) is 24.2 Å². The van der Waals surface area contributed by atoms with E-state index in [0.717, 1.165) is 25.1 Å². The zero-order chi connectivity index (χ0) is 13.5. The predicted molar refractivity (Wildman–Crippen MR) is 75.2 cm³/mol. The minimum atomic E-state index is -0.121. The van der Waals surface area contributed by atoms with Crippen LogP contribution in [0.25, 0.3) is 0 Å². The van der Waals surface area contributed by atoms with Crippen LogP contribution in [-0.2, 0) is 0 Å². The van der Waals surface area contributed by atoms with Crippen molar-refractivity contribution in [3.8, 4) is 0 Å². The van der Waals surface area contributed by atoms with Gasteiger partial charge in [0.1, 0.15) is 5.82 Å². The number of rotatable bonds is 7. The zero-order valence-corrected chi connectivity index (χ0v) is 11.9. The van der Waals surface area contributed by atoms with Crippen LogP contribution in [0.5, 0.6) is 0 Å². The van der Waals surface area contributed by atoms with Gasteiger partial charge < -0.3 is 10.2 Å². The maximum absolute atomic E-state index is 13.7. The smallest absolute Gasteiger partial charge is 0.127 e. The molecule has 1 aromatic carbocycles. The third-order valence-electron chi connectivity index (χ3n) is 3.47. The normalized spacial score (nSPS) is 13.3. The Hall–Kier alpha value is -0.930. The van der Waals surface area contributed by atoms with Gasteiger partial charge in [-0.1, -0.05) is 25.1 Å². The topological polar surface area (TPSA) is 15.3 Å². The van der Waals surface area contributed by atoms with E-state index in [1.54, 1.807) is 6.07 Å². The van der Waals surface area contributed by atoms with Crippen molar-refractivity contribution in [3.05, 3.63) is 35.6 Å². The molecule has 1 atom stereocenters. The highest BCUT2D eigenvalue weighted by molar-refractivity contribution is 5.21. The van der Waals surface area contributed by atoms with Crippen LogP contribution in [0, 0.1) is 5.82 Å². The van der Waals surface area contributed by atoms with Gasteiger partial charge in [0.15, 0.2) is 0 Å². The first-order valence-electron chi connectivity index (χ1n) is 6.75. The van der Waals surface area contributed by atoms with Crippen LogP contribution in [-0.4, -0.2) is 31.1 Å². The number of halogens is 1. The number of nitrogens with zero attached hydrogens (tertiary/aromatic N) is 1. The molecule has 0 spiro atoms. The van der Waals surface area contributed by atoms with E-state index in [2.05, 4.69) is 31.0 Å². The van der Waals surface area contributed by atoms with E-state index in [-0.39, 0.29) is 11.9 Å². The van der Waals surface area contributed by atoms with Crippen molar-refractivity contribution in [2.75, 3.05) is 20.1 Å². The highest BCUT2D eigenvalue weighted by atomic mass is 19.1. The summed E-state index contributed by atoms with van der Waals surface area (Å²) >= 11 is 0. The standard InChI is InChI=1S/C15H25FN2/c1-5-18(12(2)3)11-10-15(17-4)13-8-6-7-9-14(13)16/h6-9,12,15,17H,5,10-11H2,1-4H3. The molecular formula is C15H25FN2. The molecule has 18 heavy (non-hydrogen) atoms. The van der Waals surface area contributed by atoms with E-state index in [0.29, 0.717) is 6.04 Å². The van der Waals surface area contributed by atoms with E-state index in [1.807, 2.05) is 19.2 Å². The third-order valence-corrected chi connectivity index (χ3v) is 3.47. The molecular weight excluding hydrogens is 227 g/mol. The number of hydrogen-bond acceptors (Lipinski definition) is 2. The van der Waals surface area contributed by atoms with Gasteiger partial charge in [-0.15, -0.1) is 0 Å². The van der Waals surface area contributed by atoms with Gasteiger partial charge in [0.2, 0.25) is 0 Å². The first-order valence-corrected chi connectivity index (χ1v) is 6.75. The Labute approximate surface area is 110 Å². The molecule has 0 aromatic heterocycles. The second kappa shape index (κ2) is 7.49. The quantitative estimate of drug-likeness (QED) is 0.801. The second-order valence-corrected chi connectivity index (χ2v) is 4.87. The van der Waals surface area contributed by atoms with Gasteiger partial charge in [-0.2, -0.15) is 0 Å². The Bertz CT molecular complexity index is 352. The first-order chi connectivity index (χ1) is 8.60. The fraction of sp³-hybridized carbons (Fsp3) is 0.600. The fourth-order valence-electron chi connectivity index (χ4n) is 2.29. The summed E-state index contributed by atoms with van der Waals surface area (Å²) in [7, 11) is 1.89. The lowest BCUT2D eigenvalue weighted by atomic mass is 10.0. The molecule has 0 amide bonds. The van der Waals surface area contributed by atoms with Crippen LogP contribution in [0.4, 0.5) is 4.39 Å². The molecule has 0 aliphatic heterocycles. The molecule has 1 N–H and O–H groups in total. The lowest BCUT2D eigenvalue weighted by Crippen LogP contribution is -2.33. The molecule has 0 heterocycles. The van der Waals surface area contributed by atoms with E-state index in [4.69, 9.17) is 0 Å².